The van der Waals surface area contributed by atoms with E-state index in [0.717, 1.165) is 24.1 Å². The number of nitrogens with zero attached hydrogens (tertiary/aromatic N) is 2. The molecule has 1 aromatic carbocycles. The van der Waals surface area contributed by atoms with E-state index >= 15 is 0 Å². The molecule has 0 radical (unpaired) electrons. The van der Waals surface area contributed by atoms with Gasteiger partial charge in [-0.25, -0.2) is 0 Å². The maximum absolute atomic E-state index is 6.25. The Kier molecular flexibility index (Phi) is 5.26. The van der Waals surface area contributed by atoms with Crippen LogP contribution in [-0.4, -0.2) is 22.0 Å². The van der Waals surface area contributed by atoms with Crippen molar-refractivity contribution in [3.05, 3.63) is 39.6 Å². The van der Waals surface area contributed by atoms with E-state index in [4.69, 9.17) is 27.9 Å². The van der Waals surface area contributed by atoms with E-state index in [1.54, 1.807) is 12.3 Å². The van der Waals surface area contributed by atoms with E-state index < -0.39 is 0 Å². The second kappa shape index (κ2) is 6.95. The van der Waals surface area contributed by atoms with Crippen molar-refractivity contribution in [3.8, 4) is 5.75 Å². The van der Waals surface area contributed by atoms with Crippen molar-refractivity contribution in [1.29, 1.82) is 0 Å². The number of rotatable bonds is 6. The molecule has 0 aliphatic heterocycles. The van der Waals surface area contributed by atoms with E-state index in [9.17, 15) is 0 Å². The molecule has 0 bridgehead atoms. The van der Waals surface area contributed by atoms with Gasteiger partial charge < -0.3 is 4.74 Å². The number of aromatic nitrogens is 3. The predicted octanol–water partition coefficient (Wildman–Crippen LogP) is 4.25. The van der Waals surface area contributed by atoms with Crippen molar-refractivity contribution in [3.63, 3.8) is 0 Å². The summed E-state index contributed by atoms with van der Waals surface area (Å²) in [7, 11) is 0. The van der Waals surface area contributed by atoms with Gasteiger partial charge in [0.1, 0.15) is 5.75 Å². The molecule has 0 aliphatic carbocycles. The van der Waals surface area contributed by atoms with Gasteiger partial charge >= 0.3 is 0 Å². The molecule has 6 heteroatoms. The molecule has 1 N–H and O–H groups in total. The summed E-state index contributed by atoms with van der Waals surface area (Å²) in [6.45, 7) is 4.62. The molecule has 1 unspecified atom stereocenters. The van der Waals surface area contributed by atoms with E-state index in [0.29, 0.717) is 22.4 Å². The van der Waals surface area contributed by atoms with E-state index in [1.807, 2.05) is 13.0 Å². The van der Waals surface area contributed by atoms with Crippen LogP contribution >= 0.6 is 23.2 Å². The molecule has 2 rings (SSSR count). The quantitative estimate of drug-likeness (QED) is 0.867. The molecule has 4 nitrogen and oxygen atoms in total. The lowest BCUT2D eigenvalue weighted by atomic mass is 9.91. The van der Waals surface area contributed by atoms with E-state index in [2.05, 4.69) is 22.3 Å². The van der Waals surface area contributed by atoms with Gasteiger partial charge in [0.05, 0.1) is 23.5 Å². The van der Waals surface area contributed by atoms with Crippen molar-refractivity contribution in [2.24, 2.45) is 0 Å². The fraction of sp³-hybridized carbons (Fsp3) is 0.429. The zero-order chi connectivity index (χ0) is 14.5. The van der Waals surface area contributed by atoms with Gasteiger partial charge in [-0.2, -0.15) is 15.4 Å². The number of halogens is 2. The van der Waals surface area contributed by atoms with Gasteiger partial charge in [-0.15, -0.1) is 0 Å². The molecule has 0 spiro atoms. The highest BCUT2D eigenvalue weighted by molar-refractivity contribution is 6.35. The second-order valence-corrected chi connectivity index (χ2v) is 5.35. The number of nitrogens with one attached hydrogen (secondary N) is 1. The Labute approximate surface area is 128 Å². The van der Waals surface area contributed by atoms with Crippen molar-refractivity contribution in [2.45, 2.75) is 32.6 Å². The summed E-state index contributed by atoms with van der Waals surface area (Å²) in [6.07, 6.45) is 3.43. The molecule has 20 heavy (non-hydrogen) atoms. The Morgan fingerprint density at radius 3 is 2.70 bits per heavy atom. The molecule has 0 aliphatic rings. The Hall–Kier alpha value is -1.26. The van der Waals surface area contributed by atoms with Crippen LogP contribution in [0.2, 0.25) is 10.0 Å². The Morgan fingerprint density at radius 2 is 2.10 bits per heavy atom. The fourth-order valence-electron chi connectivity index (χ4n) is 2.23. The lowest BCUT2D eigenvalue weighted by Gasteiger charge is -2.19. The van der Waals surface area contributed by atoms with Gasteiger partial charge in [0, 0.05) is 17.0 Å². The first-order chi connectivity index (χ1) is 9.65. The van der Waals surface area contributed by atoms with Gasteiger partial charge in [-0.1, -0.05) is 30.1 Å². The van der Waals surface area contributed by atoms with E-state index in [1.165, 1.54) is 0 Å². The molecule has 0 amide bonds. The molecule has 1 heterocycles. The summed E-state index contributed by atoms with van der Waals surface area (Å²) in [4.78, 5) is 0. The average molecular weight is 314 g/mol. The Bertz CT molecular complexity index is 558. The van der Waals surface area contributed by atoms with Gasteiger partial charge in [0.25, 0.3) is 0 Å². The van der Waals surface area contributed by atoms with Gasteiger partial charge in [-0.05, 0) is 31.4 Å². The van der Waals surface area contributed by atoms with Crippen molar-refractivity contribution >= 4 is 23.2 Å². The minimum atomic E-state index is 0.234. The van der Waals surface area contributed by atoms with Crippen molar-refractivity contribution < 1.29 is 4.74 Å². The number of hydrogen-bond acceptors (Lipinski definition) is 3. The number of ether oxygens (including phenoxy) is 1. The van der Waals surface area contributed by atoms with Crippen LogP contribution in [-0.2, 0) is 6.42 Å². The minimum absolute atomic E-state index is 0.234. The molecule has 1 atom stereocenters. The fourth-order valence-corrected chi connectivity index (χ4v) is 2.79. The number of H-pyrrole nitrogens is 1. The van der Waals surface area contributed by atoms with Crippen LogP contribution in [0.25, 0.3) is 0 Å². The topological polar surface area (TPSA) is 50.8 Å². The first kappa shape index (κ1) is 15.1. The predicted molar refractivity (Wildman–Crippen MR) is 80.7 cm³/mol. The molecular formula is C14H17Cl2N3O. The van der Waals surface area contributed by atoms with Crippen molar-refractivity contribution in [1.82, 2.24) is 15.4 Å². The zero-order valence-electron chi connectivity index (χ0n) is 11.5. The maximum atomic E-state index is 6.25. The second-order valence-electron chi connectivity index (χ2n) is 4.51. The molecule has 1 aromatic heterocycles. The summed E-state index contributed by atoms with van der Waals surface area (Å²) in [5, 5.41) is 11.7. The number of benzene rings is 1. The highest BCUT2D eigenvalue weighted by Gasteiger charge is 2.19. The number of aromatic amines is 1. The van der Waals surface area contributed by atoms with E-state index in [-0.39, 0.29) is 5.92 Å². The average Bonchev–Trinajstić information content (AvgIpc) is 2.92. The highest BCUT2D eigenvalue weighted by atomic mass is 35.5. The maximum Gasteiger partial charge on any atom is 0.141 e. The lowest BCUT2D eigenvalue weighted by molar-refractivity contribution is 0.333. The summed E-state index contributed by atoms with van der Waals surface area (Å²) in [6, 6.07) is 3.63. The summed E-state index contributed by atoms with van der Waals surface area (Å²) in [5.74, 6) is 0.951. The Balaban J connectivity index is 2.36. The summed E-state index contributed by atoms with van der Waals surface area (Å²) in [5.41, 5.74) is 1.94. The van der Waals surface area contributed by atoms with Crippen LogP contribution in [0.5, 0.6) is 5.75 Å². The van der Waals surface area contributed by atoms with Crippen molar-refractivity contribution in [2.75, 3.05) is 6.61 Å². The highest BCUT2D eigenvalue weighted by Crippen LogP contribution is 2.39. The third-order valence-corrected chi connectivity index (χ3v) is 3.68. The van der Waals surface area contributed by atoms with Crippen LogP contribution in [0.3, 0.4) is 0 Å². The largest absolute Gasteiger partial charge is 0.492 e. The first-order valence-corrected chi connectivity index (χ1v) is 7.37. The third kappa shape index (κ3) is 3.44. The standard InChI is InChI=1S/C14H17Cl2N3O/c1-3-9(5-11-8-17-19-18-11)12-6-10(15)7-13(16)14(12)20-4-2/h6-9H,3-5H2,1-2H3,(H,17,18,19). The summed E-state index contributed by atoms with van der Waals surface area (Å²) < 4.78 is 5.69. The smallest absolute Gasteiger partial charge is 0.141 e. The van der Waals surface area contributed by atoms with Gasteiger partial charge in [0.2, 0.25) is 0 Å². The SMILES string of the molecule is CCOc1c(Cl)cc(Cl)cc1C(CC)Cc1cn[nH]n1. The number of hydrogen-bond donors (Lipinski definition) is 1. The molecule has 2 aromatic rings. The molecule has 0 saturated carbocycles. The van der Waals surface area contributed by atoms with Gasteiger partial charge in [0.15, 0.2) is 0 Å². The minimum Gasteiger partial charge on any atom is -0.492 e. The van der Waals surface area contributed by atoms with Gasteiger partial charge in [-0.3, -0.25) is 0 Å². The Morgan fingerprint density at radius 1 is 1.30 bits per heavy atom. The lowest BCUT2D eigenvalue weighted by Crippen LogP contribution is -2.06. The molecular weight excluding hydrogens is 297 g/mol. The zero-order valence-corrected chi connectivity index (χ0v) is 13.0. The third-order valence-electron chi connectivity index (χ3n) is 3.18. The molecule has 0 saturated heterocycles. The monoisotopic (exact) mass is 313 g/mol. The normalized spacial score (nSPS) is 12.4. The first-order valence-electron chi connectivity index (χ1n) is 6.62. The van der Waals surface area contributed by atoms with Crippen LogP contribution < -0.4 is 4.74 Å². The van der Waals surface area contributed by atoms with Crippen LogP contribution in [0.15, 0.2) is 18.3 Å². The molecule has 0 fully saturated rings. The van der Waals surface area contributed by atoms with Crippen LogP contribution in [0.1, 0.15) is 37.4 Å². The van der Waals surface area contributed by atoms with Crippen LogP contribution in [0, 0.1) is 0 Å². The van der Waals surface area contributed by atoms with Crippen LogP contribution in [0.4, 0.5) is 0 Å². The summed E-state index contributed by atoms with van der Waals surface area (Å²) >= 11 is 12.4. The molecule has 108 valence electrons.